The molecule has 2 N–H and O–H groups in total. The number of H-pyrrole nitrogens is 1. The summed E-state index contributed by atoms with van der Waals surface area (Å²) in [5.41, 5.74) is 2.75. The van der Waals surface area contributed by atoms with Gasteiger partial charge in [-0.3, -0.25) is 9.59 Å². The lowest BCUT2D eigenvalue weighted by Gasteiger charge is -2.20. The van der Waals surface area contributed by atoms with Gasteiger partial charge < -0.3 is 24.5 Å². The van der Waals surface area contributed by atoms with E-state index in [4.69, 9.17) is 4.74 Å². The Labute approximate surface area is 176 Å². The molecule has 0 aliphatic carbocycles. The van der Waals surface area contributed by atoms with Gasteiger partial charge >= 0.3 is 0 Å². The molecule has 0 aliphatic rings. The maximum Gasteiger partial charge on any atom is 0.263 e. The van der Waals surface area contributed by atoms with Gasteiger partial charge in [-0.15, -0.1) is 0 Å². The summed E-state index contributed by atoms with van der Waals surface area (Å²) >= 11 is 0. The second-order valence-corrected chi connectivity index (χ2v) is 7.93. The van der Waals surface area contributed by atoms with Gasteiger partial charge in [-0.2, -0.15) is 0 Å². The number of ether oxygens (including phenoxy) is 1. The zero-order valence-electron chi connectivity index (χ0n) is 18.3. The zero-order valence-corrected chi connectivity index (χ0v) is 18.3. The fourth-order valence-corrected chi connectivity index (χ4v) is 3.77. The summed E-state index contributed by atoms with van der Waals surface area (Å²) < 4.78 is 6.94. The predicted octanol–water partition coefficient (Wildman–Crippen LogP) is 2.74. The number of benzene rings is 1. The highest BCUT2D eigenvalue weighted by atomic mass is 16.5. The number of carbonyl (C=O) groups is 1. The third-order valence-electron chi connectivity index (χ3n) is 5.31. The molecule has 0 spiro atoms. The standard InChI is InChI=1S/C23H30N4O3/c1-15-9-11-27(16(2)14-26(3)4)23(29)21(15)22(28)24-10-8-17-13-25-20-7-6-18(30-5)12-19(17)20/h6-7,9,11-13,16,25H,8,10,14H2,1-5H3,(H,24,28). The smallest absolute Gasteiger partial charge is 0.263 e. The Balaban J connectivity index is 1.73. The molecule has 7 heteroatoms. The summed E-state index contributed by atoms with van der Waals surface area (Å²) in [4.78, 5) is 31.0. The fraction of sp³-hybridized carbons (Fsp3) is 0.391. The van der Waals surface area contributed by atoms with E-state index in [0.717, 1.165) is 22.2 Å². The third kappa shape index (κ3) is 4.57. The van der Waals surface area contributed by atoms with Gasteiger partial charge in [0.25, 0.3) is 11.5 Å². The van der Waals surface area contributed by atoms with Crippen LogP contribution in [-0.4, -0.2) is 54.7 Å². The van der Waals surface area contributed by atoms with Crippen molar-refractivity contribution in [3.63, 3.8) is 0 Å². The fourth-order valence-electron chi connectivity index (χ4n) is 3.77. The Morgan fingerprint density at radius 2 is 2.07 bits per heavy atom. The van der Waals surface area contributed by atoms with Crippen molar-refractivity contribution in [1.29, 1.82) is 0 Å². The number of likely N-dealkylation sites (N-methyl/N-ethyl adjacent to an activating group) is 1. The predicted molar refractivity (Wildman–Crippen MR) is 120 cm³/mol. The number of aromatic nitrogens is 2. The minimum Gasteiger partial charge on any atom is -0.497 e. The number of pyridine rings is 1. The molecular weight excluding hydrogens is 380 g/mol. The number of aromatic amines is 1. The summed E-state index contributed by atoms with van der Waals surface area (Å²) in [5.74, 6) is 0.459. The van der Waals surface area contributed by atoms with E-state index in [9.17, 15) is 9.59 Å². The van der Waals surface area contributed by atoms with Crippen LogP contribution in [0.25, 0.3) is 10.9 Å². The van der Waals surface area contributed by atoms with E-state index < -0.39 is 0 Å². The number of carbonyl (C=O) groups excluding carboxylic acids is 1. The van der Waals surface area contributed by atoms with Gasteiger partial charge in [0.05, 0.1) is 7.11 Å². The largest absolute Gasteiger partial charge is 0.497 e. The number of hydrogen-bond acceptors (Lipinski definition) is 4. The lowest BCUT2D eigenvalue weighted by molar-refractivity contribution is 0.0951. The monoisotopic (exact) mass is 410 g/mol. The van der Waals surface area contributed by atoms with E-state index >= 15 is 0 Å². The van der Waals surface area contributed by atoms with E-state index in [1.165, 1.54) is 0 Å². The van der Waals surface area contributed by atoms with E-state index in [1.807, 2.05) is 56.4 Å². The number of nitrogens with one attached hydrogen (secondary N) is 2. The quantitative estimate of drug-likeness (QED) is 0.599. The highest BCUT2D eigenvalue weighted by Gasteiger charge is 2.18. The van der Waals surface area contributed by atoms with Crippen LogP contribution in [0.15, 0.2) is 41.5 Å². The topological polar surface area (TPSA) is 79.4 Å². The van der Waals surface area contributed by atoms with Gasteiger partial charge in [0.15, 0.2) is 0 Å². The van der Waals surface area contributed by atoms with Crippen LogP contribution in [0.5, 0.6) is 5.75 Å². The summed E-state index contributed by atoms with van der Waals surface area (Å²) in [7, 11) is 5.56. The first-order valence-corrected chi connectivity index (χ1v) is 10.1. The summed E-state index contributed by atoms with van der Waals surface area (Å²) in [6, 6.07) is 7.66. The van der Waals surface area contributed by atoms with Crippen molar-refractivity contribution in [3.8, 4) is 5.75 Å². The second-order valence-electron chi connectivity index (χ2n) is 7.93. The molecule has 2 heterocycles. The van der Waals surface area contributed by atoms with E-state index in [-0.39, 0.29) is 23.1 Å². The van der Waals surface area contributed by atoms with Crippen LogP contribution in [0.2, 0.25) is 0 Å². The average Bonchev–Trinajstić information content (AvgIpc) is 3.09. The van der Waals surface area contributed by atoms with Crippen molar-refractivity contribution in [1.82, 2.24) is 19.8 Å². The molecule has 1 atom stereocenters. The van der Waals surface area contributed by atoms with Crippen LogP contribution >= 0.6 is 0 Å². The lowest BCUT2D eigenvalue weighted by atomic mass is 10.1. The number of methoxy groups -OCH3 is 1. The number of fused-ring (bicyclic) bond motifs is 1. The van der Waals surface area contributed by atoms with Crippen molar-refractivity contribution < 1.29 is 9.53 Å². The van der Waals surface area contributed by atoms with E-state index in [1.54, 1.807) is 24.8 Å². The average molecular weight is 411 g/mol. The number of rotatable bonds is 8. The molecule has 2 aromatic heterocycles. The van der Waals surface area contributed by atoms with Crippen molar-refractivity contribution in [2.75, 3.05) is 34.3 Å². The minimum atomic E-state index is -0.332. The molecule has 1 aromatic carbocycles. The van der Waals surface area contributed by atoms with Crippen LogP contribution in [0.1, 0.15) is 34.5 Å². The molecule has 3 aromatic rings. The Morgan fingerprint density at radius 3 is 2.77 bits per heavy atom. The highest BCUT2D eigenvalue weighted by molar-refractivity contribution is 5.95. The molecular formula is C23H30N4O3. The van der Waals surface area contributed by atoms with Crippen molar-refractivity contribution in [2.24, 2.45) is 0 Å². The molecule has 0 radical (unpaired) electrons. The first-order chi connectivity index (χ1) is 14.3. The molecule has 0 bridgehead atoms. The maximum atomic E-state index is 13.0. The van der Waals surface area contributed by atoms with Gasteiger partial charge in [-0.05, 0) is 69.8 Å². The van der Waals surface area contributed by atoms with Crippen molar-refractivity contribution in [3.05, 3.63) is 63.7 Å². The lowest BCUT2D eigenvalue weighted by Crippen LogP contribution is -2.37. The molecule has 7 nitrogen and oxygen atoms in total. The van der Waals surface area contributed by atoms with E-state index in [0.29, 0.717) is 25.1 Å². The van der Waals surface area contributed by atoms with Crippen LogP contribution in [0, 0.1) is 6.92 Å². The Morgan fingerprint density at radius 1 is 1.30 bits per heavy atom. The molecule has 1 unspecified atom stereocenters. The Kier molecular flexibility index (Phi) is 6.62. The molecule has 3 rings (SSSR count). The number of amides is 1. The van der Waals surface area contributed by atoms with Crippen molar-refractivity contribution in [2.45, 2.75) is 26.3 Å². The number of hydrogen-bond donors (Lipinski definition) is 2. The zero-order chi connectivity index (χ0) is 21.8. The van der Waals surface area contributed by atoms with Gasteiger partial charge in [0.1, 0.15) is 11.3 Å². The molecule has 160 valence electrons. The molecule has 0 fully saturated rings. The first kappa shape index (κ1) is 21.6. The van der Waals surface area contributed by atoms with Gasteiger partial charge in [0.2, 0.25) is 0 Å². The molecule has 0 saturated heterocycles. The van der Waals surface area contributed by atoms with Gasteiger partial charge in [-0.25, -0.2) is 0 Å². The number of nitrogens with zero attached hydrogens (tertiary/aromatic N) is 2. The molecule has 1 amide bonds. The Bertz CT molecular complexity index is 1100. The van der Waals surface area contributed by atoms with Gasteiger partial charge in [0, 0.05) is 42.4 Å². The highest BCUT2D eigenvalue weighted by Crippen LogP contribution is 2.23. The number of aryl methyl sites for hydroxylation is 1. The Hall–Kier alpha value is -3.06. The normalized spacial score (nSPS) is 12.3. The van der Waals surface area contributed by atoms with Crippen LogP contribution in [0.4, 0.5) is 0 Å². The second kappa shape index (κ2) is 9.17. The summed E-state index contributed by atoms with van der Waals surface area (Å²) in [5, 5.41) is 3.98. The molecule has 0 aliphatic heterocycles. The van der Waals surface area contributed by atoms with E-state index in [2.05, 4.69) is 10.3 Å². The summed E-state index contributed by atoms with van der Waals surface area (Å²) in [6.45, 7) is 4.92. The molecule has 0 saturated carbocycles. The van der Waals surface area contributed by atoms with Gasteiger partial charge in [-0.1, -0.05) is 0 Å². The molecule has 30 heavy (non-hydrogen) atoms. The van der Waals surface area contributed by atoms with Crippen LogP contribution < -0.4 is 15.6 Å². The van der Waals surface area contributed by atoms with Crippen LogP contribution in [0.3, 0.4) is 0 Å². The van der Waals surface area contributed by atoms with Crippen molar-refractivity contribution >= 4 is 16.8 Å². The SMILES string of the molecule is COc1ccc2[nH]cc(CCNC(=O)c3c(C)ccn(C(C)CN(C)C)c3=O)c2c1. The minimum absolute atomic E-state index is 0.0270. The van der Waals surface area contributed by atoms with Crippen LogP contribution in [-0.2, 0) is 6.42 Å². The summed E-state index contributed by atoms with van der Waals surface area (Å²) in [6.07, 6.45) is 4.36. The maximum absolute atomic E-state index is 13.0. The first-order valence-electron chi connectivity index (χ1n) is 10.1. The third-order valence-corrected chi connectivity index (χ3v) is 5.31.